The van der Waals surface area contributed by atoms with Gasteiger partial charge in [0, 0.05) is 6.07 Å². The molecule has 0 N–H and O–H groups in total. The monoisotopic (exact) mass is 399 g/mol. The first kappa shape index (κ1) is 19.2. The normalized spacial score (nSPS) is 11.1. The Morgan fingerprint density at radius 2 is 0.862 bits per heavy atom. The summed E-state index contributed by atoms with van der Waals surface area (Å²) in [4.78, 5) is 0. The van der Waals surface area contributed by atoms with Gasteiger partial charge in [-0.2, -0.15) is 0 Å². The first-order valence-electron chi connectivity index (χ1n) is 9.59. The van der Waals surface area contributed by atoms with E-state index in [1.54, 1.807) is 14.2 Å². The van der Waals surface area contributed by atoms with Gasteiger partial charge in [-0.25, -0.2) is 0 Å². The Morgan fingerprint density at radius 3 is 1.24 bits per heavy atom. The fourth-order valence-corrected chi connectivity index (χ4v) is 8.14. The summed E-state index contributed by atoms with van der Waals surface area (Å²) in [5.41, 5.74) is 0. The van der Waals surface area contributed by atoms with Crippen molar-refractivity contribution in [2.24, 2.45) is 0 Å². The standard InChI is InChI=1S/C26H24O2P/c1-27-25-19-18-24(20-26(25)28-2)29(21-12-6-3-7-13-21,22-14-8-4-9-15-22)23-16-10-5-11-17-23/h3-20H,1-2H3/q+1. The zero-order chi connectivity index (χ0) is 20.1. The summed E-state index contributed by atoms with van der Waals surface area (Å²) in [6.07, 6.45) is 0. The Labute approximate surface area is 173 Å². The molecule has 29 heavy (non-hydrogen) atoms. The number of hydrogen-bond donors (Lipinski definition) is 0. The molecular formula is C26H24O2P+. The minimum Gasteiger partial charge on any atom is -0.493 e. The Hall–Kier alpha value is -3.09. The maximum Gasteiger partial charge on any atom is 0.164 e. The highest BCUT2D eigenvalue weighted by molar-refractivity contribution is 8.01. The molecule has 0 radical (unpaired) electrons. The maximum atomic E-state index is 5.67. The number of ether oxygens (including phenoxy) is 2. The van der Waals surface area contributed by atoms with Crippen LogP contribution in [0.5, 0.6) is 11.5 Å². The van der Waals surface area contributed by atoms with E-state index in [1.807, 2.05) is 6.07 Å². The Morgan fingerprint density at radius 1 is 0.448 bits per heavy atom. The lowest BCUT2D eigenvalue weighted by molar-refractivity contribution is 0.355. The summed E-state index contributed by atoms with van der Waals surface area (Å²) < 4.78 is 11.2. The van der Waals surface area contributed by atoms with Gasteiger partial charge < -0.3 is 9.47 Å². The molecule has 0 aliphatic heterocycles. The van der Waals surface area contributed by atoms with Crippen LogP contribution in [0, 0.1) is 0 Å². The van der Waals surface area contributed by atoms with E-state index < -0.39 is 7.26 Å². The van der Waals surface area contributed by atoms with Gasteiger partial charge >= 0.3 is 0 Å². The van der Waals surface area contributed by atoms with Crippen LogP contribution in [0.15, 0.2) is 109 Å². The minimum absolute atomic E-state index is 0.739. The molecule has 0 unspecified atom stereocenters. The van der Waals surface area contributed by atoms with Crippen LogP contribution in [-0.2, 0) is 0 Å². The SMILES string of the molecule is COc1ccc([P+](c2ccccc2)(c2ccccc2)c2ccccc2)cc1OC. The first-order valence-corrected chi connectivity index (χ1v) is 11.4. The number of methoxy groups -OCH3 is 2. The predicted octanol–water partition coefficient (Wildman–Crippen LogP) is 4.32. The largest absolute Gasteiger partial charge is 0.493 e. The van der Waals surface area contributed by atoms with Gasteiger partial charge in [0.15, 0.2) is 11.5 Å². The Balaban J connectivity index is 2.12. The topological polar surface area (TPSA) is 18.5 Å². The number of rotatable bonds is 6. The fourth-order valence-electron chi connectivity index (χ4n) is 3.88. The van der Waals surface area contributed by atoms with Gasteiger partial charge in [-0.3, -0.25) is 0 Å². The van der Waals surface area contributed by atoms with Crippen molar-refractivity contribution in [1.82, 2.24) is 0 Å². The van der Waals surface area contributed by atoms with Crippen molar-refractivity contribution < 1.29 is 9.47 Å². The average Bonchev–Trinajstić information content (AvgIpc) is 2.81. The van der Waals surface area contributed by atoms with E-state index in [0.29, 0.717) is 0 Å². The van der Waals surface area contributed by atoms with E-state index in [1.165, 1.54) is 21.2 Å². The highest BCUT2D eigenvalue weighted by atomic mass is 31.2. The van der Waals surface area contributed by atoms with E-state index in [4.69, 9.17) is 9.47 Å². The summed E-state index contributed by atoms with van der Waals surface area (Å²) >= 11 is 0. The second-order valence-electron chi connectivity index (χ2n) is 6.72. The summed E-state index contributed by atoms with van der Waals surface area (Å²) in [6, 6.07) is 38.7. The molecule has 0 bridgehead atoms. The minimum atomic E-state index is -2.11. The molecule has 3 heteroatoms. The van der Waals surface area contributed by atoms with Gasteiger partial charge in [-0.05, 0) is 48.5 Å². The molecule has 2 nitrogen and oxygen atoms in total. The quantitative estimate of drug-likeness (QED) is 0.450. The van der Waals surface area contributed by atoms with E-state index in [9.17, 15) is 0 Å². The van der Waals surface area contributed by atoms with Crippen molar-refractivity contribution in [1.29, 1.82) is 0 Å². The molecule has 4 aromatic rings. The van der Waals surface area contributed by atoms with Crippen molar-refractivity contribution in [2.45, 2.75) is 0 Å². The third-order valence-corrected chi connectivity index (χ3v) is 9.46. The van der Waals surface area contributed by atoms with E-state index in [2.05, 4.69) is 103 Å². The average molecular weight is 399 g/mol. The van der Waals surface area contributed by atoms with Crippen molar-refractivity contribution in [3.63, 3.8) is 0 Å². The molecule has 0 atom stereocenters. The van der Waals surface area contributed by atoms with Gasteiger partial charge in [0.05, 0.1) is 14.2 Å². The van der Waals surface area contributed by atoms with Crippen LogP contribution in [0.4, 0.5) is 0 Å². The predicted molar refractivity (Wildman–Crippen MR) is 124 cm³/mol. The van der Waals surface area contributed by atoms with Gasteiger partial charge in [-0.15, -0.1) is 0 Å². The second-order valence-corrected chi connectivity index (χ2v) is 10.1. The first-order chi connectivity index (χ1) is 14.3. The molecule has 0 aliphatic rings. The van der Waals surface area contributed by atoms with Gasteiger partial charge in [0.2, 0.25) is 0 Å². The molecule has 0 aliphatic carbocycles. The van der Waals surface area contributed by atoms with Crippen molar-refractivity contribution in [2.75, 3.05) is 14.2 Å². The van der Waals surface area contributed by atoms with Crippen molar-refractivity contribution in [3.8, 4) is 11.5 Å². The highest BCUT2D eigenvalue weighted by Gasteiger charge is 2.48. The molecule has 0 saturated carbocycles. The van der Waals surface area contributed by atoms with Gasteiger partial charge in [0.1, 0.15) is 28.5 Å². The molecule has 0 aromatic heterocycles. The van der Waals surface area contributed by atoms with E-state index >= 15 is 0 Å². The molecule has 0 saturated heterocycles. The third kappa shape index (κ3) is 3.41. The van der Waals surface area contributed by atoms with Crippen LogP contribution in [0.1, 0.15) is 0 Å². The molecule has 0 amide bonds. The molecular weight excluding hydrogens is 375 g/mol. The summed E-state index contributed by atoms with van der Waals surface area (Å²) in [5, 5.41) is 5.16. The van der Waals surface area contributed by atoms with Gasteiger partial charge in [-0.1, -0.05) is 54.6 Å². The maximum absolute atomic E-state index is 5.67. The van der Waals surface area contributed by atoms with Crippen molar-refractivity contribution >= 4 is 28.5 Å². The van der Waals surface area contributed by atoms with Crippen LogP contribution in [-0.4, -0.2) is 14.2 Å². The van der Waals surface area contributed by atoms with Crippen molar-refractivity contribution in [3.05, 3.63) is 109 Å². The Bertz CT molecular complexity index is 967. The summed E-state index contributed by atoms with van der Waals surface area (Å²) in [7, 11) is 1.25. The summed E-state index contributed by atoms with van der Waals surface area (Å²) in [5.74, 6) is 1.49. The third-order valence-electron chi connectivity index (χ3n) is 5.18. The lowest BCUT2D eigenvalue weighted by Crippen LogP contribution is -2.38. The molecule has 144 valence electrons. The van der Waals surface area contributed by atoms with Gasteiger partial charge in [0.25, 0.3) is 0 Å². The van der Waals surface area contributed by atoms with Crippen LogP contribution >= 0.6 is 7.26 Å². The number of hydrogen-bond acceptors (Lipinski definition) is 2. The highest BCUT2D eigenvalue weighted by Crippen LogP contribution is 2.55. The lowest BCUT2D eigenvalue weighted by Gasteiger charge is -2.28. The molecule has 0 spiro atoms. The van der Waals surface area contributed by atoms with Crippen LogP contribution in [0.25, 0.3) is 0 Å². The van der Waals surface area contributed by atoms with Crippen LogP contribution in [0.3, 0.4) is 0 Å². The molecule has 4 rings (SSSR count). The smallest absolute Gasteiger partial charge is 0.164 e. The second kappa shape index (κ2) is 8.51. The molecule has 0 fully saturated rings. The zero-order valence-corrected chi connectivity index (χ0v) is 17.6. The van der Waals surface area contributed by atoms with Crippen LogP contribution in [0.2, 0.25) is 0 Å². The van der Waals surface area contributed by atoms with E-state index in [0.717, 1.165) is 11.5 Å². The lowest BCUT2D eigenvalue weighted by atomic mass is 10.3. The summed E-state index contributed by atoms with van der Waals surface area (Å²) in [6.45, 7) is 0. The van der Waals surface area contributed by atoms with E-state index in [-0.39, 0.29) is 0 Å². The molecule has 0 heterocycles. The Kier molecular flexibility index (Phi) is 5.64. The molecule has 4 aromatic carbocycles. The zero-order valence-electron chi connectivity index (χ0n) is 16.7. The fraction of sp³-hybridized carbons (Fsp3) is 0.0769. The number of benzene rings is 4. The van der Waals surface area contributed by atoms with Crippen LogP contribution < -0.4 is 30.7 Å².